The van der Waals surface area contributed by atoms with Crippen molar-refractivity contribution in [2.45, 2.75) is 13.0 Å². The highest BCUT2D eigenvalue weighted by molar-refractivity contribution is 9.09. The minimum atomic E-state index is -0.000158. The molecule has 4 heteroatoms. The number of rotatable bonds is 6. The maximum atomic E-state index is 11.4. The lowest BCUT2D eigenvalue weighted by Gasteiger charge is -2.08. The van der Waals surface area contributed by atoms with Gasteiger partial charge in [-0.1, -0.05) is 46.3 Å². The number of alkyl halides is 1. The highest BCUT2D eigenvalue weighted by Gasteiger charge is 2.01. The van der Waals surface area contributed by atoms with Gasteiger partial charge in [-0.05, 0) is 29.8 Å². The van der Waals surface area contributed by atoms with Crippen LogP contribution >= 0.6 is 15.9 Å². The number of halogens is 1. The van der Waals surface area contributed by atoms with Crippen LogP contribution in [0, 0.1) is 0 Å². The molecule has 0 saturated heterocycles. The second-order valence-corrected chi connectivity index (χ2v) is 5.08. The Kier molecular flexibility index (Phi) is 5.62. The van der Waals surface area contributed by atoms with Gasteiger partial charge in [0.2, 0.25) is 5.91 Å². The molecule has 0 unspecified atom stereocenters. The molecule has 20 heavy (non-hydrogen) atoms. The van der Waals surface area contributed by atoms with Crippen LogP contribution in [-0.2, 0) is 11.4 Å². The van der Waals surface area contributed by atoms with E-state index >= 15 is 0 Å². The topological polar surface area (TPSA) is 38.3 Å². The highest BCUT2D eigenvalue weighted by Crippen LogP contribution is 2.17. The molecule has 0 aromatic heterocycles. The molecule has 3 nitrogen and oxygen atoms in total. The van der Waals surface area contributed by atoms with E-state index in [4.69, 9.17) is 4.74 Å². The first-order valence-electron chi connectivity index (χ1n) is 6.40. The van der Waals surface area contributed by atoms with Gasteiger partial charge < -0.3 is 10.1 Å². The van der Waals surface area contributed by atoms with Crippen LogP contribution in [0.5, 0.6) is 5.75 Å². The third-order valence-corrected chi connectivity index (χ3v) is 3.10. The molecular weight excluding hydrogens is 318 g/mol. The molecule has 1 N–H and O–H groups in total. The number of carbonyl (C=O) groups is 1. The third-order valence-electron chi connectivity index (χ3n) is 2.71. The van der Waals surface area contributed by atoms with Crippen molar-refractivity contribution in [2.24, 2.45) is 0 Å². The Labute approximate surface area is 127 Å². The summed E-state index contributed by atoms with van der Waals surface area (Å²) in [6, 6.07) is 17.4. The summed E-state index contributed by atoms with van der Waals surface area (Å²) in [4.78, 5) is 11.4. The summed E-state index contributed by atoms with van der Waals surface area (Å²) < 4.78 is 5.68. The number of anilines is 1. The van der Waals surface area contributed by atoms with Crippen LogP contribution in [-0.4, -0.2) is 11.2 Å². The monoisotopic (exact) mass is 333 g/mol. The summed E-state index contributed by atoms with van der Waals surface area (Å²) in [6.07, 6.45) is 0.465. The fourth-order valence-electron chi connectivity index (χ4n) is 1.68. The first kappa shape index (κ1) is 14.6. The van der Waals surface area contributed by atoms with E-state index in [1.807, 2.05) is 54.6 Å². The van der Waals surface area contributed by atoms with E-state index in [1.165, 1.54) is 0 Å². The largest absolute Gasteiger partial charge is 0.489 e. The molecule has 0 radical (unpaired) electrons. The summed E-state index contributed by atoms with van der Waals surface area (Å²) in [5, 5.41) is 3.48. The number of nitrogens with one attached hydrogen (secondary N) is 1. The average Bonchev–Trinajstić information content (AvgIpc) is 2.48. The maximum absolute atomic E-state index is 11.4. The van der Waals surface area contributed by atoms with Crippen LogP contribution in [0.2, 0.25) is 0 Å². The van der Waals surface area contributed by atoms with Crippen molar-refractivity contribution < 1.29 is 9.53 Å². The van der Waals surface area contributed by atoms with Crippen LogP contribution in [0.4, 0.5) is 5.69 Å². The smallest absolute Gasteiger partial charge is 0.225 e. The van der Waals surface area contributed by atoms with Crippen LogP contribution < -0.4 is 10.1 Å². The van der Waals surface area contributed by atoms with Crippen molar-refractivity contribution in [2.75, 3.05) is 10.6 Å². The number of ether oxygens (including phenoxy) is 1. The standard InChI is InChI=1S/C16H16BrNO2/c17-11-10-16(19)18-14-6-8-15(9-7-14)20-12-13-4-2-1-3-5-13/h1-9H,10-12H2,(H,18,19). The number of carbonyl (C=O) groups excluding carboxylic acids is 1. The van der Waals surface area contributed by atoms with E-state index in [0.717, 1.165) is 17.0 Å². The molecule has 2 rings (SSSR count). The predicted octanol–water partition coefficient (Wildman–Crippen LogP) is 3.99. The molecule has 1 amide bonds. The van der Waals surface area contributed by atoms with Gasteiger partial charge in [0.05, 0.1) is 0 Å². The fraction of sp³-hybridized carbons (Fsp3) is 0.188. The molecule has 0 saturated carbocycles. The van der Waals surface area contributed by atoms with Gasteiger partial charge in [0.1, 0.15) is 12.4 Å². The normalized spacial score (nSPS) is 10.1. The third kappa shape index (κ3) is 4.70. The van der Waals surface area contributed by atoms with Crippen LogP contribution in [0.25, 0.3) is 0 Å². The van der Waals surface area contributed by atoms with E-state index in [9.17, 15) is 4.79 Å². The molecule has 0 bridgehead atoms. The van der Waals surface area contributed by atoms with Gasteiger partial charge >= 0.3 is 0 Å². The van der Waals surface area contributed by atoms with Crippen molar-refractivity contribution >= 4 is 27.5 Å². The Balaban J connectivity index is 1.87. The molecule has 0 heterocycles. The van der Waals surface area contributed by atoms with E-state index in [0.29, 0.717) is 18.4 Å². The van der Waals surface area contributed by atoms with E-state index < -0.39 is 0 Å². The minimum absolute atomic E-state index is 0.000158. The lowest BCUT2D eigenvalue weighted by molar-refractivity contribution is -0.115. The molecule has 0 atom stereocenters. The Morgan fingerprint density at radius 1 is 1.05 bits per heavy atom. The number of hydrogen-bond donors (Lipinski definition) is 1. The van der Waals surface area contributed by atoms with Crippen molar-refractivity contribution in [3.05, 3.63) is 60.2 Å². The molecule has 0 aliphatic heterocycles. The van der Waals surface area contributed by atoms with E-state index in [1.54, 1.807) is 0 Å². The number of benzene rings is 2. The summed E-state index contributed by atoms with van der Waals surface area (Å²) in [6.45, 7) is 0.538. The summed E-state index contributed by atoms with van der Waals surface area (Å²) >= 11 is 3.24. The van der Waals surface area contributed by atoms with Gasteiger partial charge in [0, 0.05) is 17.4 Å². The second-order valence-electron chi connectivity index (χ2n) is 4.29. The Hall–Kier alpha value is -1.81. The lowest BCUT2D eigenvalue weighted by atomic mass is 10.2. The van der Waals surface area contributed by atoms with Gasteiger partial charge in [0.25, 0.3) is 0 Å². The van der Waals surface area contributed by atoms with Crippen molar-refractivity contribution in [3.63, 3.8) is 0 Å². The van der Waals surface area contributed by atoms with Crippen LogP contribution in [0.15, 0.2) is 54.6 Å². The van der Waals surface area contributed by atoms with Crippen LogP contribution in [0.1, 0.15) is 12.0 Å². The Morgan fingerprint density at radius 3 is 2.40 bits per heavy atom. The average molecular weight is 334 g/mol. The lowest BCUT2D eigenvalue weighted by Crippen LogP contribution is -2.11. The van der Waals surface area contributed by atoms with Gasteiger partial charge in [-0.15, -0.1) is 0 Å². The fourth-order valence-corrected chi connectivity index (χ4v) is 2.04. The number of amides is 1. The SMILES string of the molecule is O=C(CCBr)Nc1ccc(OCc2ccccc2)cc1. The second kappa shape index (κ2) is 7.70. The molecule has 0 aliphatic rings. The van der Waals surface area contributed by atoms with Crippen LogP contribution in [0.3, 0.4) is 0 Å². The molecule has 2 aromatic rings. The summed E-state index contributed by atoms with van der Waals surface area (Å²) in [7, 11) is 0. The highest BCUT2D eigenvalue weighted by atomic mass is 79.9. The molecular formula is C16H16BrNO2. The number of hydrogen-bond acceptors (Lipinski definition) is 2. The molecule has 2 aromatic carbocycles. The van der Waals surface area contributed by atoms with Gasteiger partial charge in [-0.25, -0.2) is 0 Å². The maximum Gasteiger partial charge on any atom is 0.225 e. The van der Waals surface area contributed by atoms with Crippen molar-refractivity contribution in [3.8, 4) is 5.75 Å². The van der Waals surface area contributed by atoms with Crippen molar-refractivity contribution in [1.82, 2.24) is 0 Å². The molecule has 104 valence electrons. The van der Waals surface area contributed by atoms with Crippen molar-refractivity contribution in [1.29, 1.82) is 0 Å². The predicted molar refractivity (Wildman–Crippen MR) is 84.3 cm³/mol. The zero-order valence-electron chi connectivity index (χ0n) is 11.0. The summed E-state index contributed by atoms with van der Waals surface area (Å²) in [5.41, 5.74) is 1.91. The quantitative estimate of drug-likeness (QED) is 0.811. The van der Waals surface area contributed by atoms with Gasteiger partial charge in [0.15, 0.2) is 0 Å². The van der Waals surface area contributed by atoms with E-state index in [2.05, 4.69) is 21.2 Å². The minimum Gasteiger partial charge on any atom is -0.489 e. The Morgan fingerprint density at radius 2 is 1.75 bits per heavy atom. The molecule has 0 fully saturated rings. The zero-order chi connectivity index (χ0) is 14.2. The van der Waals surface area contributed by atoms with Gasteiger partial charge in [-0.2, -0.15) is 0 Å². The summed E-state index contributed by atoms with van der Waals surface area (Å²) in [5.74, 6) is 0.784. The first-order valence-corrected chi connectivity index (χ1v) is 7.52. The zero-order valence-corrected chi connectivity index (χ0v) is 12.6. The molecule has 0 aliphatic carbocycles. The molecule has 0 spiro atoms. The van der Waals surface area contributed by atoms with Gasteiger partial charge in [-0.3, -0.25) is 4.79 Å². The first-order chi connectivity index (χ1) is 9.78. The Bertz CT molecular complexity index is 540. The van der Waals surface area contributed by atoms with E-state index in [-0.39, 0.29) is 5.91 Å².